The number of aromatic nitrogens is 1. The number of amides is 1. The van der Waals surface area contributed by atoms with Crippen molar-refractivity contribution in [2.24, 2.45) is 0 Å². The number of rotatable bonds is 7. The average Bonchev–Trinajstić information content (AvgIpc) is 3.08. The van der Waals surface area contributed by atoms with Crippen LogP contribution >= 0.6 is 11.6 Å². The summed E-state index contributed by atoms with van der Waals surface area (Å²) in [5.41, 5.74) is 2.99. The van der Waals surface area contributed by atoms with E-state index in [-0.39, 0.29) is 5.91 Å². The molecular weight excluding hydrogens is 424 g/mol. The summed E-state index contributed by atoms with van der Waals surface area (Å²) < 4.78 is 13.7. The highest BCUT2D eigenvalue weighted by Gasteiger charge is 2.21. The predicted octanol–water partition coefficient (Wildman–Crippen LogP) is 7.07. The number of fused-ring (bicyclic) bond motifs is 1. The molecule has 4 aromatic rings. The van der Waals surface area contributed by atoms with Crippen LogP contribution in [0.25, 0.3) is 10.9 Å². The number of hydrogen-bond donors (Lipinski definition) is 1. The molecule has 6 heteroatoms. The van der Waals surface area contributed by atoms with Crippen molar-refractivity contribution >= 4 is 34.1 Å². The monoisotopic (exact) mass is 448 g/mol. The molecule has 1 aromatic heterocycles. The van der Waals surface area contributed by atoms with Crippen LogP contribution in [0.5, 0.6) is 17.2 Å². The topological polar surface area (TPSA) is 52.5 Å². The van der Waals surface area contributed by atoms with Gasteiger partial charge >= 0.3 is 0 Å². The van der Waals surface area contributed by atoms with Gasteiger partial charge in [0.05, 0.1) is 12.3 Å². The SMILES string of the molecule is CCOc1ccc2c(c1)c(C)c(C(=O)Nc1cc(Cl)ccc1Oc1ccccc1)n2CC. The number of para-hydroxylation sites is 1. The van der Waals surface area contributed by atoms with Gasteiger partial charge in [0.25, 0.3) is 5.91 Å². The Hall–Kier alpha value is -3.44. The number of anilines is 1. The van der Waals surface area contributed by atoms with E-state index in [4.69, 9.17) is 21.1 Å². The van der Waals surface area contributed by atoms with Crippen LogP contribution in [0.15, 0.2) is 66.7 Å². The lowest BCUT2D eigenvalue weighted by Gasteiger charge is -2.14. The molecule has 32 heavy (non-hydrogen) atoms. The normalized spacial score (nSPS) is 10.9. The Kier molecular flexibility index (Phi) is 6.37. The molecule has 3 aromatic carbocycles. The summed E-state index contributed by atoms with van der Waals surface area (Å²) in [6.07, 6.45) is 0. The second-order valence-corrected chi connectivity index (χ2v) is 7.78. The molecule has 0 aliphatic rings. The first-order valence-electron chi connectivity index (χ1n) is 10.6. The zero-order valence-corrected chi connectivity index (χ0v) is 19.1. The summed E-state index contributed by atoms with van der Waals surface area (Å²) in [5, 5.41) is 4.51. The van der Waals surface area contributed by atoms with Crippen molar-refractivity contribution in [3.05, 3.63) is 83.0 Å². The lowest BCUT2D eigenvalue weighted by atomic mass is 10.1. The first-order chi connectivity index (χ1) is 15.5. The fourth-order valence-corrected chi connectivity index (χ4v) is 4.04. The lowest BCUT2D eigenvalue weighted by molar-refractivity contribution is 0.101. The fourth-order valence-electron chi connectivity index (χ4n) is 3.87. The molecule has 4 rings (SSSR count). The van der Waals surface area contributed by atoms with E-state index < -0.39 is 0 Å². The van der Waals surface area contributed by atoms with Gasteiger partial charge in [0.15, 0.2) is 5.75 Å². The highest BCUT2D eigenvalue weighted by Crippen LogP contribution is 2.34. The number of hydrogen-bond acceptors (Lipinski definition) is 3. The first kappa shape index (κ1) is 21.8. The third kappa shape index (κ3) is 4.30. The molecule has 5 nitrogen and oxygen atoms in total. The molecular formula is C26H25ClN2O3. The summed E-state index contributed by atoms with van der Waals surface area (Å²) in [5.74, 6) is 1.76. The van der Waals surface area contributed by atoms with Crippen molar-refractivity contribution in [2.45, 2.75) is 27.3 Å². The third-order valence-corrected chi connectivity index (χ3v) is 5.53. The van der Waals surface area contributed by atoms with Crippen molar-refractivity contribution in [2.75, 3.05) is 11.9 Å². The van der Waals surface area contributed by atoms with Gasteiger partial charge in [-0.05, 0) is 74.9 Å². The number of nitrogens with one attached hydrogen (secondary N) is 1. The van der Waals surface area contributed by atoms with E-state index in [1.807, 2.05) is 73.9 Å². The quantitative estimate of drug-likeness (QED) is 0.329. The van der Waals surface area contributed by atoms with E-state index in [9.17, 15) is 4.79 Å². The molecule has 0 spiro atoms. The molecule has 1 amide bonds. The van der Waals surface area contributed by atoms with Gasteiger partial charge in [0.1, 0.15) is 17.2 Å². The average molecular weight is 449 g/mol. The standard InChI is InChI=1S/C26H25ClN2O3/c1-4-29-23-13-12-20(31-5-2)16-21(23)17(3)25(29)26(30)28-22-15-18(27)11-14-24(22)32-19-9-7-6-8-10-19/h6-16H,4-5H2,1-3H3,(H,28,30). The number of carbonyl (C=O) groups excluding carboxylic acids is 1. The van der Waals surface area contributed by atoms with Gasteiger partial charge in [-0.3, -0.25) is 4.79 Å². The number of halogens is 1. The predicted molar refractivity (Wildman–Crippen MR) is 129 cm³/mol. The molecule has 0 bridgehead atoms. The second kappa shape index (κ2) is 9.37. The minimum atomic E-state index is -0.223. The van der Waals surface area contributed by atoms with Gasteiger partial charge in [-0.15, -0.1) is 0 Å². The molecule has 0 saturated heterocycles. The Morgan fingerprint density at radius 3 is 2.50 bits per heavy atom. The van der Waals surface area contributed by atoms with E-state index >= 15 is 0 Å². The molecule has 0 radical (unpaired) electrons. The van der Waals surface area contributed by atoms with Crippen molar-refractivity contribution in [1.29, 1.82) is 0 Å². The molecule has 1 N–H and O–H groups in total. The van der Waals surface area contributed by atoms with Crippen LogP contribution in [-0.2, 0) is 6.54 Å². The number of ether oxygens (including phenoxy) is 2. The molecule has 0 atom stereocenters. The summed E-state index contributed by atoms with van der Waals surface area (Å²) >= 11 is 6.22. The maximum Gasteiger partial charge on any atom is 0.272 e. The van der Waals surface area contributed by atoms with Crippen LogP contribution in [-0.4, -0.2) is 17.1 Å². The summed E-state index contributed by atoms with van der Waals surface area (Å²) in [6, 6.07) is 20.5. The van der Waals surface area contributed by atoms with E-state index in [1.54, 1.807) is 18.2 Å². The van der Waals surface area contributed by atoms with E-state index in [0.717, 1.165) is 22.2 Å². The Morgan fingerprint density at radius 1 is 1.00 bits per heavy atom. The van der Waals surface area contributed by atoms with Crippen molar-refractivity contribution in [3.8, 4) is 17.2 Å². The number of aryl methyl sites for hydroxylation is 2. The number of carbonyl (C=O) groups is 1. The van der Waals surface area contributed by atoms with Crippen LogP contribution in [0.1, 0.15) is 29.9 Å². The summed E-state index contributed by atoms with van der Waals surface area (Å²) in [6.45, 7) is 7.18. The minimum Gasteiger partial charge on any atom is -0.494 e. The van der Waals surface area contributed by atoms with Crippen LogP contribution in [0.4, 0.5) is 5.69 Å². The lowest BCUT2D eigenvalue weighted by Crippen LogP contribution is -2.18. The summed E-state index contributed by atoms with van der Waals surface area (Å²) in [7, 11) is 0. The number of nitrogens with zero attached hydrogens (tertiary/aromatic N) is 1. The molecule has 0 aliphatic heterocycles. The van der Waals surface area contributed by atoms with Crippen molar-refractivity contribution in [1.82, 2.24) is 4.57 Å². The zero-order chi connectivity index (χ0) is 22.7. The Bertz CT molecular complexity index is 1270. The van der Waals surface area contributed by atoms with Gasteiger partial charge in [-0.25, -0.2) is 0 Å². The molecule has 0 unspecified atom stereocenters. The number of benzene rings is 3. The molecule has 1 heterocycles. The largest absolute Gasteiger partial charge is 0.494 e. The maximum atomic E-state index is 13.4. The fraction of sp³-hybridized carbons (Fsp3) is 0.192. The van der Waals surface area contributed by atoms with Gasteiger partial charge in [0, 0.05) is 22.5 Å². The highest BCUT2D eigenvalue weighted by molar-refractivity contribution is 6.31. The maximum absolute atomic E-state index is 13.4. The van der Waals surface area contributed by atoms with Gasteiger partial charge in [-0.2, -0.15) is 0 Å². The van der Waals surface area contributed by atoms with Crippen molar-refractivity contribution < 1.29 is 14.3 Å². The molecule has 164 valence electrons. The van der Waals surface area contributed by atoms with Gasteiger partial charge in [-0.1, -0.05) is 29.8 Å². The van der Waals surface area contributed by atoms with Crippen LogP contribution in [0, 0.1) is 6.92 Å². The molecule has 0 aliphatic carbocycles. The van der Waals surface area contributed by atoms with E-state index in [1.165, 1.54) is 0 Å². The first-order valence-corrected chi connectivity index (χ1v) is 11.0. The van der Waals surface area contributed by atoms with E-state index in [2.05, 4.69) is 5.32 Å². The van der Waals surface area contributed by atoms with Crippen molar-refractivity contribution in [3.63, 3.8) is 0 Å². The Morgan fingerprint density at radius 2 is 1.78 bits per heavy atom. The Balaban J connectivity index is 1.71. The highest BCUT2D eigenvalue weighted by atomic mass is 35.5. The smallest absolute Gasteiger partial charge is 0.272 e. The molecule has 0 saturated carbocycles. The van der Waals surface area contributed by atoms with Crippen LogP contribution < -0.4 is 14.8 Å². The Labute approximate surface area is 192 Å². The zero-order valence-electron chi connectivity index (χ0n) is 18.3. The van der Waals surface area contributed by atoms with E-state index in [0.29, 0.717) is 41.1 Å². The second-order valence-electron chi connectivity index (χ2n) is 7.34. The van der Waals surface area contributed by atoms with Gasteiger partial charge in [0.2, 0.25) is 0 Å². The third-order valence-electron chi connectivity index (χ3n) is 5.29. The van der Waals surface area contributed by atoms with Gasteiger partial charge < -0.3 is 19.4 Å². The summed E-state index contributed by atoms with van der Waals surface area (Å²) in [4.78, 5) is 13.4. The minimum absolute atomic E-state index is 0.223. The van der Waals surface area contributed by atoms with Crippen LogP contribution in [0.2, 0.25) is 5.02 Å². The molecule has 0 fully saturated rings. The van der Waals surface area contributed by atoms with Crippen LogP contribution in [0.3, 0.4) is 0 Å².